The lowest BCUT2D eigenvalue weighted by Gasteiger charge is -2.05. The Morgan fingerprint density at radius 3 is 2.87 bits per heavy atom. The first-order valence-corrected chi connectivity index (χ1v) is 7.79. The number of ketones is 1. The molecule has 4 aromatic rings. The van der Waals surface area contributed by atoms with Gasteiger partial charge >= 0.3 is 0 Å². The van der Waals surface area contributed by atoms with Crippen molar-refractivity contribution in [2.24, 2.45) is 0 Å². The number of aromatic nitrogens is 3. The number of fused-ring (bicyclic) bond motifs is 1. The molecule has 0 radical (unpaired) electrons. The first kappa shape index (κ1) is 13.8. The monoisotopic (exact) mass is 323 g/mol. The number of halogens is 1. The fraction of sp³-hybridized carbons (Fsp3) is 0. The van der Waals surface area contributed by atoms with E-state index in [0.29, 0.717) is 27.3 Å². The SMILES string of the molecule is O=C(c1cccs1)c1cnn2c(-c3cccc(F)c3)ccnc12. The summed E-state index contributed by atoms with van der Waals surface area (Å²) in [5.41, 5.74) is 2.26. The maximum absolute atomic E-state index is 13.5. The lowest BCUT2D eigenvalue weighted by Crippen LogP contribution is -2.01. The van der Waals surface area contributed by atoms with Gasteiger partial charge in [0.1, 0.15) is 5.82 Å². The summed E-state index contributed by atoms with van der Waals surface area (Å²) in [6.07, 6.45) is 3.11. The average molecular weight is 323 g/mol. The molecule has 0 saturated carbocycles. The number of hydrogen-bond acceptors (Lipinski definition) is 4. The molecule has 0 bridgehead atoms. The van der Waals surface area contributed by atoms with Crippen molar-refractivity contribution in [3.63, 3.8) is 0 Å². The third-order valence-electron chi connectivity index (χ3n) is 3.51. The third-order valence-corrected chi connectivity index (χ3v) is 4.38. The van der Waals surface area contributed by atoms with Crippen LogP contribution in [0.3, 0.4) is 0 Å². The van der Waals surface area contributed by atoms with Crippen molar-refractivity contribution in [1.82, 2.24) is 14.6 Å². The zero-order valence-electron chi connectivity index (χ0n) is 11.8. The fourth-order valence-corrected chi connectivity index (χ4v) is 3.14. The van der Waals surface area contributed by atoms with Crippen LogP contribution in [0.2, 0.25) is 0 Å². The minimum Gasteiger partial charge on any atom is -0.287 e. The standard InChI is InChI=1S/C17H10FN3OS/c18-12-4-1-3-11(9-12)14-6-7-19-17-13(10-20-21(14)17)16(22)15-5-2-8-23-15/h1-10H. The topological polar surface area (TPSA) is 47.3 Å². The summed E-state index contributed by atoms with van der Waals surface area (Å²) in [4.78, 5) is 17.4. The molecule has 6 heteroatoms. The van der Waals surface area contributed by atoms with Gasteiger partial charge in [0.2, 0.25) is 5.78 Å². The normalized spacial score (nSPS) is 11.0. The highest BCUT2D eigenvalue weighted by Gasteiger charge is 2.18. The van der Waals surface area contributed by atoms with Gasteiger partial charge in [0, 0.05) is 11.8 Å². The van der Waals surface area contributed by atoms with Gasteiger partial charge in [-0.3, -0.25) is 4.79 Å². The van der Waals surface area contributed by atoms with Gasteiger partial charge in [-0.15, -0.1) is 11.3 Å². The summed E-state index contributed by atoms with van der Waals surface area (Å²) in [6.45, 7) is 0. The first-order valence-electron chi connectivity index (χ1n) is 6.91. The van der Waals surface area contributed by atoms with Crippen LogP contribution in [0.5, 0.6) is 0 Å². The van der Waals surface area contributed by atoms with E-state index < -0.39 is 0 Å². The van der Waals surface area contributed by atoms with E-state index >= 15 is 0 Å². The molecule has 112 valence electrons. The second kappa shape index (κ2) is 5.40. The number of rotatable bonds is 3. The Balaban J connectivity index is 1.89. The zero-order valence-corrected chi connectivity index (χ0v) is 12.6. The highest BCUT2D eigenvalue weighted by atomic mass is 32.1. The molecule has 1 aromatic carbocycles. The molecule has 0 fully saturated rings. The molecule has 0 atom stereocenters. The molecule has 3 heterocycles. The molecular formula is C17H10FN3OS. The molecule has 0 unspecified atom stereocenters. The summed E-state index contributed by atoms with van der Waals surface area (Å²) >= 11 is 1.38. The second-order valence-electron chi connectivity index (χ2n) is 4.94. The van der Waals surface area contributed by atoms with Gasteiger partial charge in [0.05, 0.1) is 22.3 Å². The van der Waals surface area contributed by atoms with E-state index in [0.717, 1.165) is 0 Å². The minimum absolute atomic E-state index is 0.112. The van der Waals surface area contributed by atoms with E-state index in [1.807, 2.05) is 11.4 Å². The van der Waals surface area contributed by atoms with Crippen molar-refractivity contribution in [3.05, 3.63) is 76.5 Å². The Hall–Kier alpha value is -2.86. The highest BCUT2D eigenvalue weighted by Crippen LogP contribution is 2.23. The van der Waals surface area contributed by atoms with Crippen molar-refractivity contribution in [2.45, 2.75) is 0 Å². The highest BCUT2D eigenvalue weighted by molar-refractivity contribution is 7.12. The van der Waals surface area contributed by atoms with Gasteiger partial charge in [-0.1, -0.05) is 18.2 Å². The summed E-state index contributed by atoms with van der Waals surface area (Å²) in [6, 6.07) is 11.6. The lowest BCUT2D eigenvalue weighted by atomic mass is 10.1. The predicted molar refractivity (Wildman–Crippen MR) is 86.1 cm³/mol. The molecule has 0 aliphatic heterocycles. The van der Waals surface area contributed by atoms with Crippen molar-refractivity contribution in [2.75, 3.05) is 0 Å². The van der Waals surface area contributed by atoms with Crippen LogP contribution in [0.4, 0.5) is 4.39 Å². The van der Waals surface area contributed by atoms with Gasteiger partial charge in [-0.2, -0.15) is 5.10 Å². The van der Waals surface area contributed by atoms with Gasteiger partial charge in [0.15, 0.2) is 5.65 Å². The van der Waals surface area contributed by atoms with Gasteiger partial charge < -0.3 is 0 Å². The van der Waals surface area contributed by atoms with Crippen molar-refractivity contribution < 1.29 is 9.18 Å². The first-order chi connectivity index (χ1) is 11.2. The van der Waals surface area contributed by atoms with E-state index in [4.69, 9.17) is 0 Å². The van der Waals surface area contributed by atoms with E-state index in [2.05, 4.69) is 10.1 Å². The Morgan fingerprint density at radius 2 is 2.09 bits per heavy atom. The molecule has 0 N–H and O–H groups in total. The average Bonchev–Trinajstić information content (AvgIpc) is 3.23. The molecule has 0 aliphatic carbocycles. The number of benzene rings is 1. The molecule has 4 nitrogen and oxygen atoms in total. The minimum atomic E-state index is -0.325. The summed E-state index contributed by atoms with van der Waals surface area (Å²) in [7, 11) is 0. The maximum Gasteiger partial charge on any atom is 0.208 e. The van der Waals surface area contributed by atoms with Crippen molar-refractivity contribution in [3.8, 4) is 11.3 Å². The van der Waals surface area contributed by atoms with Crippen LogP contribution in [0.1, 0.15) is 15.2 Å². The maximum atomic E-state index is 13.5. The number of carbonyl (C=O) groups is 1. The molecule has 3 aromatic heterocycles. The predicted octanol–water partition coefficient (Wildman–Crippen LogP) is 3.83. The Kier molecular flexibility index (Phi) is 3.24. The molecule has 0 saturated heterocycles. The van der Waals surface area contributed by atoms with Gasteiger partial charge in [-0.05, 0) is 29.6 Å². The molecule has 0 amide bonds. The Bertz CT molecular complexity index is 1010. The molecule has 4 rings (SSSR count). The van der Waals surface area contributed by atoms with Crippen LogP contribution in [0, 0.1) is 5.82 Å². The molecular weight excluding hydrogens is 313 g/mol. The van der Waals surface area contributed by atoms with Gasteiger partial charge in [0.25, 0.3) is 0 Å². The van der Waals surface area contributed by atoms with Crippen molar-refractivity contribution >= 4 is 22.8 Å². The third kappa shape index (κ3) is 2.33. The Labute approximate surface area is 134 Å². The van der Waals surface area contributed by atoms with Crippen LogP contribution in [-0.2, 0) is 0 Å². The number of nitrogens with zero attached hydrogens (tertiary/aromatic N) is 3. The summed E-state index contributed by atoms with van der Waals surface area (Å²) < 4.78 is 15.0. The van der Waals surface area contributed by atoms with Crippen LogP contribution < -0.4 is 0 Å². The van der Waals surface area contributed by atoms with E-state index in [9.17, 15) is 9.18 Å². The number of hydrogen-bond donors (Lipinski definition) is 0. The molecule has 0 aliphatic rings. The second-order valence-corrected chi connectivity index (χ2v) is 5.89. The Morgan fingerprint density at radius 1 is 1.17 bits per heavy atom. The smallest absolute Gasteiger partial charge is 0.208 e. The fourth-order valence-electron chi connectivity index (χ4n) is 2.46. The van der Waals surface area contributed by atoms with Crippen LogP contribution in [-0.4, -0.2) is 20.4 Å². The quantitative estimate of drug-likeness (QED) is 0.538. The van der Waals surface area contributed by atoms with Crippen molar-refractivity contribution in [1.29, 1.82) is 0 Å². The molecule has 23 heavy (non-hydrogen) atoms. The summed E-state index contributed by atoms with van der Waals surface area (Å²) in [5, 5.41) is 6.12. The lowest BCUT2D eigenvalue weighted by molar-refractivity contribution is 0.104. The van der Waals surface area contributed by atoms with Crippen LogP contribution >= 0.6 is 11.3 Å². The molecule has 0 spiro atoms. The van der Waals surface area contributed by atoms with E-state index in [1.54, 1.807) is 35.0 Å². The zero-order chi connectivity index (χ0) is 15.8. The number of thiophene rings is 1. The summed E-state index contributed by atoms with van der Waals surface area (Å²) in [5.74, 6) is -0.437. The number of carbonyl (C=O) groups excluding carboxylic acids is 1. The van der Waals surface area contributed by atoms with Crippen LogP contribution in [0.25, 0.3) is 16.9 Å². The van der Waals surface area contributed by atoms with E-state index in [-0.39, 0.29) is 11.6 Å². The van der Waals surface area contributed by atoms with Crippen LogP contribution in [0.15, 0.2) is 60.2 Å². The van der Waals surface area contributed by atoms with E-state index in [1.165, 1.54) is 29.7 Å². The largest absolute Gasteiger partial charge is 0.287 e. The van der Waals surface area contributed by atoms with Gasteiger partial charge in [-0.25, -0.2) is 13.9 Å².